The third kappa shape index (κ3) is 3.32. The van der Waals surface area contributed by atoms with Crippen LogP contribution < -0.4 is 0 Å². The zero-order chi connectivity index (χ0) is 16.4. The Morgan fingerprint density at radius 3 is 2.83 bits per heavy atom. The highest BCUT2D eigenvalue weighted by Crippen LogP contribution is 2.33. The predicted octanol–water partition coefficient (Wildman–Crippen LogP) is 2.81. The summed E-state index contributed by atoms with van der Waals surface area (Å²) in [7, 11) is 0. The Hall–Kier alpha value is -2.08. The molecule has 3 rings (SSSR count). The summed E-state index contributed by atoms with van der Waals surface area (Å²) in [4.78, 5) is 25.5. The average Bonchev–Trinajstić information content (AvgIpc) is 3.16. The zero-order valence-corrected chi connectivity index (χ0v) is 14.0. The van der Waals surface area contributed by atoms with Crippen molar-refractivity contribution in [3.05, 3.63) is 48.3 Å². The maximum absolute atomic E-state index is 12.4. The van der Waals surface area contributed by atoms with Gasteiger partial charge in [-0.15, -0.1) is 0 Å². The Kier molecular flexibility index (Phi) is 4.52. The van der Waals surface area contributed by atoms with E-state index in [1.807, 2.05) is 53.0 Å². The topological polar surface area (TPSA) is 55.2 Å². The van der Waals surface area contributed by atoms with Crippen LogP contribution in [0, 0.1) is 0 Å². The average molecular weight is 329 g/mol. The van der Waals surface area contributed by atoms with E-state index in [0.29, 0.717) is 13.0 Å². The highest BCUT2D eigenvalue weighted by Gasteiger charge is 2.34. The summed E-state index contributed by atoms with van der Waals surface area (Å²) in [6.45, 7) is 4.19. The Labute approximate surface area is 139 Å². The van der Waals surface area contributed by atoms with Crippen LogP contribution in [0.4, 0.5) is 0 Å². The zero-order valence-electron chi connectivity index (χ0n) is 13.2. The van der Waals surface area contributed by atoms with Crippen LogP contribution in [0.1, 0.15) is 31.9 Å². The number of amides is 1. The Balaban J connectivity index is 1.85. The molecule has 1 aromatic carbocycles. The molecule has 1 aliphatic rings. The summed E-state index contributed by atoms with van der Waals surface area (Å²) in [5, 5.41) is 4.41. The predicted molar refractivity (Wildman–Crippen MR) is 90.4 cm³/mol. The van der Waals surface area contributed by atoms with E-state index in [2.05, 4.69) is 5.10 Å². The van der Waals surface area contributed by atoms with Crippen molar-refractivity contribution in [2.45, 2.75) is 31.6 Å². The molecule has 23 heavy (non-hydrogen) atoms. The van der Waals surface area contributed by atoms with Gasteiger partial charge in [0.1, 0.15) is 0 Å². The van der Waals surface area contributed by atoms with E-state index in [1.165, 1.54) is 11.8 Å². The first-order valence-corrected chi connectivity index (χ1v) is 8.50. The van der Waals surface area contributed by atoms with E-state index in [1.54, 1.807) is 13.1 Å². The van der Waals surface area contributed by atoms with Gasteiger partial charge in [-0.05, 0) is 19.1 Å². The summed E-state index contributed by atoms with van der Waals surface area (Å²) in [6, 6.07) is 9.79. The number of benzene rings is 1. The van der Waals surface area contributed by atoms with Gasteiger partial charge in [-0.2, -0.15) is 5.10 Å². The standard InChI is InChI=1S/C17H19N3O2S/c1-12(19-11-14(10-17(19)22)23-13(2)21)15-6-3-4-7-16(15)20-9-5-8-18-20/h3-9,12,14H,10-11H2,1-2H3. The van der Waals surface area contributed by atoms with E-state index >= 15 is 0 Å². The van der Waals surface area contributed by atoms with Crippen molar-refractivity contribution in [2.24, 2.45) is 0 Å². The number of hydrogen-bond donors (Lipinski definition) is 0. The number of para-hydroxylation sites is 1. The molecule has 2 heterocycles. The number of thioether (sulfide) groups is 1. The Bertz CT molecular complexity index is 714. The first kappa shape index (κ1) is 15.8. The number of nitrogens with zero attached hydrogens (tertiary/aromatic N) is 3. The van der Waals surface area contributed by atoms with Gasteiger partial charge in [-0.1, -0.05) is 30.0 Å². The molecule has 1 amide bonds. The van der Waals surface area contributed by atoms with Gasteiger partial charge < -0.3 is 4.90 Å². The number of carbonyl (C=O) groups excluding carboxylic acids is 2. The molecule has 0 bridgehead atoms. The van der Waals surface area contributed by atoms with Gasteiger partial charge in [0.2, 0.25) is 5.91 Å². The monoisotopic (exact) mass is 329 g/mol. The van der Waals surface area contributed by atoms with Gasteiger partial charge in [0.15, 0.2) is 5.12 Å². The molecule has 1 saturated heterocycles. The SMILES string of the molecule is CC(=O)SC1CC(=O)N(C(C)c2ccccc2-n2cccn2)C1. The van der Waals surface area contributed by atoms with Crippen LogP contribution >= 0.6 is 11.8 Å². The van der Waals surface area contributed by atoms with Crippen molar-refractivity contribution in [1.29, 1.82) is 0 Å². The van der Waals surface area contributed by atoms with E-state index in [4.69, 9.17) is 0 Å². The second-order valence-corrected chi connectivity index (χ2v) is 7.14. The smallest absolute Gasteiger partial charge is 0.224 e. The van der Waals surface area contributed by atoms with Crippen LogP contribution in [0.25, 0.3) is 5.69 Å². The first-order valence-electron chi connectivity index (χ1n) is 7.62. The molecule has 6 heteroatoms. The number of hydrogen-bond acceptors (Lipinski definition) is 4. The molecule has 0 aliphatic carbocycles. The third-order valence-electron chi connectivity index (χ3n) is 4.06. The summed E-state index contributed by atoms with van der Waals surface area (Å²) >= 11 is 1.27. The van der Waals surface area contributed by atoms with E-state index in [0.717, 1.165) is 11.3 Å². The number of carbonyl (C=O) groups is 2. The minimum atomic E-state index is -0.0551. The van der Waals surface area contributed by atoms with Crippen LogP contribution in [0.5, 0.6) is 0 Å². The van der Waals surface area contributed by atoms with Crippen molar-refractivity contribution in [3.8, 4) is 5.69 Å². The fourth-order valence-corrected chi connectivity index (χ4v) is 3.94. The molecular weight excluding hydrogens is 310 g/mol. The molecule has 1 fully saturated rings. The largest absolute Gasteiger partial charge is 0.335 e. The summed E-state index contributed by atoms with van der Waals surface area (Å²) < 4.78 is 1.81. The molecular formula is C17H19N3O2S. The summed E-state index contributed by atoms with van der Waals surface area (Å²) in [5.41, 5.74) is 2.03. The lowest BCUT2D eigenvalue weighted by Crippen LogP contribution is -2.29. The lowest BCUT2D eigenvalue weighted by molar-refractivity contribution is -0.129. The molecule has 2 unspecified atom stereocenters. The molecule has 0 radical (unpaired) electrons. The van der Waals surface area contributed by atoms with Crippen molar-refractivity contribution in [1.82, 2.24) is 14.7 Å². The van der Waals surface area contributed by atoms with Crippen LogP contribution in [-0.4, -0.2) is 37.5 Å². The van der Waals surface area contributed by atoms with Gasteiger partial charge in [0.05, 0.1) is 11.7 Å². The van der Waals surface area contributed by atoms with Gasteiger partial charge in [-0.3, -0.25) is 9.59 Å². The molecule has 1 aliphatic heterocycles. The van der Waals surface area contributed by atoms with Crippen LogP contribution in [-0.2, 0) is 9.59 Å². The maximum Gasteiger partial charge on any atom is 0.224 e. The second-order valence-electron chi connectivity index (χ2n) is 5.67. The van der Waals surface area contributed by atoms with Crippen LogP contribution in [0.3, 0.4) is 0 Å². The molecule has 1 aromatic heterocycles. The molecule has 2 aromatic rings. The highest BCUT2D eigenvalue weighted by molar-refractivity contribution is 8.14. The summed E-state index contributed by atoms with van der Waals surface area (Å²) in [5.74, 6) is 0.103. The highest BCUT2D eigenvalue weighted by atomic mass is 32.2. The Morgan fingerprint density at radius 2 is 2.13 bits per heavy atom. The molecule has 0 saturated carbocycles. The normalized spacial score (nSPS) is 19.1. The number of likely N-dealkylation sites (tertiary alicyclic amines) is 1. The third-order valence-corrected chi connectivity index (χ3v) is 5.04. The first-order chi connectivity index (χ1) is 11.1. The quantitative estimate of drug-likeness (QED) is 0.865. The fraction of sp³-hybridized carbons (Fsp3) is 0.353. The fourth-order valence-electron chi connectivity index (χ4n) is 3.01. The number of aromatic nitrogens is 2. The van der Waals surface area contributed by atoms with Crippen LogP contribution in [0.2, 0.25) is 0 Å². The van der Waals surface area contributed by atoms with Gasteiger partial charge in [0.25, 0.3) is 0 Å². The minimum Gasteiger partial charge on any atom is -0.335 e. The Morgan fingerprint density at radius 1 is 1.35 bits per heavy atom. The molecule has 5 nitrogen and oxygen atoms in total. The van der Waals surface area contributed by atoms with Crippen LogP contribution in [0.15, 0.2) is 42.7 Å². The van der Waals surface area contributed by atoms with E-state index in [-0.39, 0.29) is 22.3 Å². The van der Waals surface area contributed by atoms with E-state index < -0.39 is 0 Å². The second kappa shape index (κ2) is 6.58. The molecule has 2 atom stereocenters. The summed E-state index contributed by atoms with van der Waals surface area (Å²) in [6.07, 6.45) is 4.06. The van der Waals surface area contributed by atoms with Gasteiger partial charge in [-0.25, -0.2) is 4.68 Å². The van der Waals surface area contributed by atoms with E-state index in [9.17, 15) is 9.59 Å². The van der Waals surface area contributed by atoms with Crippen molar-refractivity contribution >= 4 is 22.8 Å². The minimum absolute atomic E-state index is 0.0549. The van der Waals surface area contributed by atoms with Crippen molar-refractivity contribution < 1.29 is 9.59 Å². The number of rotatable bonds is 4. The van der Waals surface area contributed by atoms with Crippen molar-refractivity contribution in [2.75, 3.05) is 6.54 Å². The van der Waals surface area contributed by atoms with Gasteiger partial charge in [0, 0.05) is 43.1 Å². The van der Waals surface area contributed by atoms with Crippen molar-refractivity contribution in [3.63, 3.8) is 0 Å². The lowest BCUT2D eigenvalue weighted by Gasteiger charge is -2.26. The molecule has 0 spiro atoms. The van der Waals surface area contributed by atoms with Gasteiger partial charge >= 0.3 is 0 Å². The molecule has 120 valence electrons. The lowest BCUT2D eigenvalue weighted by atomic mass is 10.0. The maximum atomic E-state index is 12.4. The molecule has 0 N–H and O–H groups in total.